The van der Waals surface area contributed by atoms with Gasteiger partial charge in [-0.15, -0.1) is 0 Å². The van der Waals surface area contributed by atoms with Crippen LogP contribution >= 0.6 is 0 Å². The maximum atomic E-state index is 11.5. The molecule has 2 aliphatic rings. The summed E-state index contributed by atoms with van der Waals surface area (Å²) in [5.74, 6) is 0.257. The molecule has 1 aliphatic carbocycles. The van der Waals surface area contributed by atoms with Crippen LogP contribution in [0.25, 0.3) is 0 Å². The maximum absolute atomic E-state index is 11.5. The molecular weight excluding hydrogens is 400 g/mol. The number of hydrogen-bond donors (Lipinski definition) is 3. The topological polar surface area (TPSA) is 113 Å². The SMILES string of the molecule is CN1CC[C@@]2(N)c3cc(O)ccc3C[C@@H]1[C@H]2N(C)CCc1ccc(S(N)(=O)=O)cc1. The Morgan fingerprint density at radius 2 is 1.93 bits per heavy atom. The Labute approximate surface area is 178 Å². The van der Waals surface area contributed by atoms with Crippen LogP contribution in [-0.4, -0.2) is 62.6 Å². The van der Waals surface area contributed by atoms with Crippen molar-refractivity contribution in [1.82, 2.24) is 9.80 Å². The van der Waals surface area contributed by atoms with Crippen molar-refractivity contribution in [1.29, 1.82) is 0 Å². The van der Waals surface area contributed by atoms with E-state index in [0.717, 1.165) is 43.5 Å². The quantitative estimate of drug-likeness (QED) is 0.652. The Kier molecular flexibility index (Phi) is 5.40. The fraction of sp³-hybridized carbons (Fsp3) is 0.455. The number of nitrogens with zero attached hydrogens (tertiary/aromatic N) is 2. The number of piperidine rings is 1. The van der Waals surface area contributed by atoms with Gasteiger partial charge < -0.3 is 15.7 Å². The minimum atomic E-state index is -3.68. The van der Waals surface area contributed by atoms with E-state index < -0.39 is 15.6 Å². The highest BCUT2D eigenvalue weighted by atomic mass is 32.2. The molecule has 1 fully saturated rings. The van der Waals surface area contributed by atoms with Crippen LogP contribution in [0.2, 0.25) is 0 Å². The number of likely N-dealkylation sites (tertiary alicyclic amines) is 1. The summed E-state index contributed by atoms with van der Waals surface area (Å²) in [6, 6.07) is 12.7. The average Bonchev–Trinajstić information content (AvgIpc) is 2.69. The van der Waals surface area contributed by atoms with E-state index in [-0.39, 0.29) is 16.7 Å². The lowest BCUT2D eigenvalue weighted by atomic mass is 9.66. The first-order chi connectivity index (χ1) is 14.1. The van der Waals surface area contributed by atoms with Crippen molar-refractivity contribution in [2.75, 3.05) is 27.2 Å². The van der Waals surface area contributed by atoms with E-state index >= 15 is 0 Å². The van der Waals surface area contributed by atoms with Gasteiger partial charge in [0.05, 0.1) is 10.4 Å². The summed E-state index contributed by atoms with van der Waals surface area (Å²) in [5, 5.41) is 15.3. The van der Waals surface area contributed by atoms with Crippen molar-refractivity contribution in [2.24, 2.45) is 10.9 Å². The molecule has 0 amide bonds. The molecule has 5 N–H and O–H groups in total. The predicted octanol–water partition coefficient (Wildman–Crippen LogP) is 0.997. The molecule has 3 atom stereocenters. The molecular formula is C22H30N4O3S. The number of primary sulfonamides is 1. The zero-order chi connectivity index (χ0) is 21.7. The van der Waals surface area contributed by atoms with E-state index in [1.807, 2.05) is 24.3 Å². The third-order valence-corrected chi connectivity index (χ3v) is 7.77. The first-order valence-electron chi connectivity index (χ1n) is 10.2. The van der Waals surface area contributed by atoms with Crippen molar-refractivity contribution in [3.8, 4) is 5.75 Å². The number of sulfonamides is 1. The molecule has 1 saturated heterocycles. The van der Waals surface area contributed by atoms with Gasteiger partial charge in [-0.2, -0.15) is 0 Å². The molecule has 0 unspecified atom stereocenters. The third-order valence-electron chi connectivity index (χ3n) is 6.84. The summed E-state index contributed by atoms with van der Waals surface area (Å²) < 4.78 is 22.9. The maximum Gasteiger partial charge on any atom is 0.238 e. The number of phenols is 1. The number of phenolic OH excluding ortho intramolecular Hbond substituents is 1. The fourth-order valence-corrected chi connectivity index (χ4v) is 5.71. The Morgan fingerprint density at radius 3 is 2.60 bits per heavy atom. The molecule has 30 heavy (non-hydrogen) atoms. The number of aromatic hydroxyl groups is 1. The van der Waals surface area contributed by atoms with Gasteiger partial charge in [-0.25, -0.2) is 13.6 Å². The fourth-order valence-electron chi connectivity index (χ4n) is 5.20. The molecule has 0 spiro atoms. The summed E-state index contributed by atoms with van der Waals surface area (Å²) in [4.78, 5) is 4.84. The van der Waals surface area contributed by atoms with Crippen molar-refractivity contribution < 1.29 is 13.5 Å². The number of benzene rings is 2. The van der Waals surface area contributed by atoms with Gasteiger partial charge in [0.2, 0.25) is 10.0 Å². The number of hydrogen-bond acceptors (Lipinski definition) is 6. The molecule has 1 aliphatic heterocycles. The van der Waals surface area contributed by atoms with E-state index in [1.54, 1.807) is 18.2 Å². The van der Waals surface area contributed by atoms with Gasteiger partial charge in [0.25, 0.3) is 0 Å². The summed E-state index contributed by atoms with van der Waals surface area (Å²) in [5.41, 5.74) is 9.87. The molecule has 8 heteroatoms. The van der Waals surface area contributed by atoms with E-state index in [1.165, 1.54) is 5.56 Å². The lowest BCUT2D eigenvalue weighted by Crippen LogP contribution is -2.70. The number of nitrogens with two attached hydrogens (primary N) is 2. The van der Waals surface area contributed by atoms with Crippen LogP contribution < -0.4 is 10.9 Å². The second-order valence-corrected chi connectivity index (χ2v) is 10.3. The van der Waals surface area contributed by atoms with Crippen LogP contribution in [0.4, 0.5) is 0 Å². The van der Waals surface area contributed by atoms with Gasteiger partial charge in [0, 0.05) is 25.2 Å². The summed E-state index contributed by atoms with van der Waals surface area (Å²) in [6.45, 7) is 1.71. The predicted molar refractivity (Wildman–Crippen MR) is 117 cm³/mol. The lowest BCUT2D eigenvalue weighted by molar-refractivity contribution is -0.00233. The Hall–Kier alpha value is -1.97. The number of rotatable bonds is 5. The largest absolute Gasteiger partial charge is 0.508 e. The highest BCUT2D eigenvalue weighted by molar-refractivity contribution is 7.89. The first kappa shape index (κ1) is 21.3. The Balaban J connectivity index is 1.56. The monoisotopic (exact) mass is 430 g/mol. The van der Waals surface area contributed by atoms with Gasteiger partial charge in [-0.05, 0) is 74.3 Å². The number of fused-ring (bicyclic) bond motifs is 4. The van der Waals surface area contributed by atoms with Crippen LogP contribution in [0.15, 0.2) is 47.4 Å². The van der Waals surface area contributed by atoms with Crippen LogP contribution in [-0.2, 0) is 28.4 Å². The molecule has 1 heterocycles. The van der Waals surface area contributed by atoms with Gasteiger partial charge in [0.1, 0.15) is 5.75 Å². The van der Waals surface area contributed by atoms with Crippen molar-refractivity contribution >= 4 is 10.0 Å². The molecule has 0 radical (unpaired) electrons. The van der Waals surface area contributed by atoms with Crippen LogP contribution in [0, 0.1) is 0 Å². The summed E-state index contributed by atoms with van der Waals surface area (Å²) in [6.07, 6.45) is 2.51. The van der Waals surface area contributed by atoms with Crippen molar-refractivity contribution in [3.63, 3.8) is 0 Å². The van der Waals surface area contributed by atoms with Gasteiger partial charge in [0.15, 0.2) is 0 Å². The minimum absolute atomic E-state index is 0.120. The van der Waals surface area contributed by atoms with Gasteiger partial charge in [-0.1, -0.05) is 18.2 Å². The van der Waals surface area contributed by atoms with Crippen LogP contribution in [0.5, 0.6) is 5.75 Å². The van der Waals surface area contributed by atoms with E-state index in [4.69, 9.17) is 10.9 Å². The van der Waals surface area contributed by atoms with Crippen molar-refractivity contribution in [2.45, 2.75) is 41.8 Å². The highest BCUT2D eigenvalue weighted by Crippen LogP contribution is 2.44. The number of likely N-dealkylation sites (N-methyl/N-ethyl adjacent to an activating group) is 2. The molecule has 2 bridgehead atoms. The zero-order valence-corrected chi connectivity index (χ0v) is 18.3. The molecule has 7 nitrogen and oxygen atoms in total. The van der Waals surface area contributed by atoms with Crippen LogP contribution in [0.1, 0.15) is 23.1 Å². The zero-order valence-electron chi connectivity index (χ0n) is 17.5. The standard InChI is InChI=1S/C22H30N4O3S/c1-25-12-10-22(23)19-14-17(27)6-5-16(19)13-20(25)21(22)26(2)11-9-15-3-7-18(8-4-15)30(24,28)29/h3-8,14,20-21,27H,9-13,23H2,1-2H3,(H2,24,28,29)/t20-,21-,22-/m1/s1. The Morgan fingerprint density at radius 1 is 1.23 bits per heavy atom. The van der Waals surface area contributed by atoms with Crippen LogP contribution in [0.3, 0.4) is 0 Å². The second-order valence-electron chi connectivity index (χ2n) is 8.75. The van der Waals surface area contributed by atoms with Crippen molar-refractivity contribution in [3.05, 3.63) is 59.2 Å². The average molecular weight is 431 g/mol. The summed E-state index contributed by atoms with van der Waals surface area (Å²) in [7, 11) is 0.580. The highest BCUT2D eigenvalue weighted by Gasteiger charge is 2.52. The molecule has 0 aromatic heterocycles. The first-order valence-corrected chi connectivity index (χ1v) is 11.8. The second kappa shape index (κ2) is 7.62. The minimum Gasteiger partial charge on any atom is -0.508 e. The molecule has 4 rings (SSSR count). The summed E-state index contributed by atoms with van der Waals surface area (Å²) >= 11 is 0. The van der Waals surface area contributed by atoms with E-state index in [2.05, 4.69) is 23.9 Å². The van der Waals surface area contributed by atoms with E-state index in [9.17, 15) is 13.5 Å². The third kappa shape index (κ3) is 3.74. The lowest BCUT2D eigenvalue weighted by Gasteiger charge is -2.57. The molecule has 2 aromatic rings. The van der Waals surface area contributed by atoms with Gasteiger partial charge >= 0.3 is 0 Å². The molecule has 0 saturated carbocycles. The smallest absolute Gasteiger partial charge is 0.238 e. The van der Waals surface area contributed by atoms with E-state index in [0.29, 0.717) is 6.04 Å². The molecule has 162 valence electrons. The normalized spacial score (nSPS) is 26.6. The molecule has 2 aromatic carbocycles. The Bertz CT molecular complexity index is 1040. The van der Waals surface area contributed by atoms with Gasteiger partial charge in [-0.3, -0.25) is 4.90 Å².